The molecule has 30 heavy (non-hydrogen) atoms. The number of furan rings is 1. The highest BCUT2D eigenvalue weighted by Gasteiger charge is 2.14. The summed E-state index contributed by atoms with van der Waals surface area (Å²) in [5.74, 6) is 1.13. The highest BCUT2D eigenvalue weighted by Crippen LogP contribution is 2.26. The Kier molecular flexibility index (Phi) is 6.53. The molecule has 3 aromatic rings. The van der Waals surface area contributed by atoms with Crippen LogP contribution in [0.3, 0.4) is 0 Å². The standard InChI is InChI=1S/C21H24N4O4S/c1-16-9-11-19(29-16)21-17(15-25(23-21)18-7-5-4-6-8-18)10-12-20(26)24(2)14-13-22-30(3,27)28/h4-12,15,22H,13-14H2,1-3H3. The van der Waals surface area contributed by atoms with Crippen LogP contribution in [0, 0.1) is 6.92 Å². The number of nitrogens with zero attached hydrogens (tertiary/aromatic N) is 3. The van der Waals surface area contributed by atoms with E-state index in [4.69, 9.17) is 4.42 Å². The summed E-state index contributed by atoms with van der Waals surface area (Å²) in [5.41, 5.74) is 2.23. The lowest BCUT2D eigenvalue weighted by atomic mass is 10.2. The third-order valence-electron chi connectivity index (χ3n) is 4.33. The second-order valence-corrected chi connectivity index (χ2v) is 8.72. The molecule has 0 radical (unpaired) electrons. The quantitative estimate of drug-likeness (QED) is 0.556. The third-order valence-corrected chi connectivity index (χ3v) is 5.06. The van der Waals surface area contributed by atoms with Gasteiger partial charge in [-0.3, -0.25) is 4.79 Å². The number of likely N-dealkylation sites (N-methyl/N-ethyl adjacent to an activating group) is 1. The van der Waals surface area contributed by atoms with Gasteiger partial charge in [-0.05, 0) is 37.3 Å². The second kappa shape index (κ2) is 9.10. The predicted molar refractivity (Wildman–Crippen MR) is 116 cm³/mol. The van der Waals surface area contributed by atoms with Crippen molar-refractivity contribution in [3.05, 3.63) is 66.1 Å². The van der Waals surface area contributed by atoms with E-state index in [0.29, 0.717) is 11.5 Å². The minimum Gasteiger partial charge on any atom is -0.460 e. The lowest BCUT2D eigenvalue weighted by Crippen LogP contribution is -2.34. The second-order valence-electron chi connectivity index (χ2n) is 6.88. The number of carbonyl (C=O) groups is 1. The van der Waals surface area contributed by atoms with E-state index in [9.17, 15) is 13.2 Å². The zero-order valence-corrected chi connectivity index (χ0v) is 17.9. The predicted octanol–water partition coefficient (Wildman–Crippen LogP) is 2.46. The molecule has 0 bridgehead atoms. The SMILES string of the molecule is Cc1ccc(-c2nn(-c3ccccc3)cc2C=CC(=O)N(C)CCNS(C)(=O)=O)o1. The summed E-state index contributed by atoms with van der Waals surface area (Å²) in [5, 5.41) is 4.63. The number of sulfonamides is 1. The number of benzene rings is 1. The number of aromatic nitrogens is 2. The maximum absolute atomic E-state index is 12.4. The van der Waals surface area contributed by atoms with Crippen LogP contribution in [0.1, 0.15) is 11.3 Å². The normalized spacial score (nSPS) is 11.8. The first-order valence-corrected chi connectivity index (χ1v) is 11.2. The Bertz CT molecular complexity index is 1150. The van der Waals surface area contributed by atoms with Crippen molar-refractivity contribution in [3.8, 4) is 17.1 Å². The van der Waals surface area contributed by atoms with Crippen LogP contribution in [0.2, 0.25) is 0 Å². The minimum atomic E-state index is -3.29. The van der Waals surface area contributed by atoms with Gasteiger partial charge in [-0.15, -0.1) is 0 Å². The van der Waals surface area contributed by atoms with Gasteiger partial charge >= 0.3 is 0 Å². The Morgan fingerprint density at radius 3 is 2.60 bits per heavy atom. The lowest BCUT2D eigenvalue weighted by Gasteiger charge is -2.14. The Balaban J connectivity index is 1.81. The number of nitrogens with one attached hydrogen (secondary N) is 1. The summed E-state index contributed by atoms with van der Waals surface area (Å²) in [6.07, 6.45) is 6.03. The highest BCUT2D eigenvalue weighted by molar-refractivity contribution is 7.88. The largest absolute Gasteiger partial charge is 0.460 e. The molecular weight excluding hydrogens is 404 g/mol. The highest BCUT2D eigenvalue weighted by atomic mass is 32.2. The first kappa shape index (κ1) is 21.5. The first-order chi connectivity index (χ1) is 14.2. The van der Waals surface area contributed by atoms with Gasteiger partial charge in [-0.2, -0.15) is 5.10 Å². The van der Waals surface area contributed by atoms with Crippen molar-refractivity contribution in [1.29, 1.82) is 0 Å². The van der Waals surface area contributed by atoms with Crippen LogP contribution < -0.4 is 4.72 Å². The van der Waals surface area contributed by atoms with Crippen molar-refractivity contribution in [2.75, 3.05) is 26.4 Å². The zero-order chi connectivity index (χ0) is 21.7. The first-order valence-electron chi connectivity index (χ1n) is 9.32. The van der Waals surface area contributed by atoms with Gasteiger partial charge in [-0.1, -0.05) is 18.2 Å². The van der Waals surface area contributed by atoms with Gasteiger partial charge in [0.1, 0.15) is 11.5 Å². The van der Waals surface area contributed by atoms with E-state index in [2.05, 4.69) is 9.82 Å². The Morgan fingerprint density at radius 1 is 1.23 bits per heavy atom. The molecule has 0 saturated carbocycles. The lowest BCUT2D eigenvalue weighted by molar-refractivity contribution is -0.124. The monoisotopic (exact) mass is 428 g/mol. The average Bonchev–Trinajstić information content (AvgIpc) is 3.31. The van der Waals surface area contributed by atoms with Crippen LogP contribution in [0.4, 0.5) is 0 Å². The number of amides is 1. The molecule has 2 heterocycles. The van der Waals surface area contributed by atoms with E-state index in [1.165, 1.54) is 11.0 Å². The van der Waals surface area contributed by atoms with E-state index in [1.807, 2.05) is 55.6 Å². The van der Waals surface area contributed by atoms with E-state index in [1.54, 1.807) is 17.8 Å². The molecule has 158 valence electrons. The summed E-state index contributed by atoms with van der Waals surface area (Å²) in [6.45, 7) is 2.26. The fraction of sp³-hybridized carbons (Fsp3) is 0.238. The molecule has 1 aromatic carbocycles. The van der Waals surface area contributed by atoms with Crippen molar-refractivity contribution >= 4 is 22.0 Å². The van der Waals surface area contributed by atoms with Gasteiger partial charge in [-0.25, -0.2) is 17.8 Å². The summed E-state index contributed by atoms with van der Waals surface area (Å²) in [6, 6.07) is 13.3. The number of hydrogen-bond donors (Lipinski definition) is 1. The Hall–Kier alpha value is -3.17. The molecule has 0 saturated heterocycles. The molecule has 0 unspecified atom stereocenters. The molecule has 1 N–H and O–H groups in total. The summed E-state index contributed by atoms with van der Waals surface area (Å²) in [4.78, 5) is 13.8. The van der Waals surface area contributed by atoms with Crippen LogP contribution in [-0.2, 0) is 14.8 Å². The summed E-state index contributed by atoms with van der Waals surface area (Å²) >= 11 is 0. The zero-order valence-electron chi connectivity index (χ0n) is 17.1. The molecule has 0 aliphatic rings. The molecule has 1 amide bonds. The minimum absolute atomic E-state index is 0.151. The number of aryl methyl sites for hydroxylation is 1. The van der Waals surface area contributed by atoms with Gasteiger partial charge in [0, 0.05) is 38.0 Å². The van der Waals surface area contributed by atoms with E-state index in [0.717, 1.165) is 23.3 Å². The fourth-order valence-corrected chi connectivity index (χ4v) is 3.23. The smallest absolute Gasteiger partial charge is 0.246 e. The van der Waals surface area contributed by atoms with Gasteiger partial charge < -0.3 is 9.32 Å². The molecule has 9 heteroatoms. The molecular formula is C21H24N4O4S. The topological polar surface area (TPSA) is 97.4 Å². The molecule has 0 aliphatic carbocycles. The molecule has 0 fully saturated rings. The van der Waals surface area contributed by atoms with Crippen LogP contribution in [0.25, 0.3) is 23.2 Å². The van der Waals surface area contributed by atoms with E-state index in [-0.39, 0.29) is 19.0 Å². The van der Waals surface area contributed by atoms with Crippen LogP contribution in [-0.4, -0.2) is 55.4 Å². The van der Waals surface area contributed by atoms with Crippen molar-refractivity contribution in [2.24, 2.45) is 0 Å². The van der Waals surface area contributed by atoms with Crippen molar-refractivity contribution in [1.82, 2.24) is 19.4 Å². The number of carbonyl (C=O) groups excluding carboxylic acids is 1. The van der Waals surface area contributed by atoms with Crippen LogP contribution in [0.5, 0.6) is 0 Å². The van der Waals surface area contributed by atoms with Crippen molar-refractivity contribution < 1.29 is 17.6 Å². The molecule has 2 aromatic heterocycles. The van der Waals surface area contributed by atoms with Gasteiger partial charge in [0.25, 0.3) is 0 Å². The summed E-state index contributed by atoms with van der Waals surface area (Å²) < 4.78 is 32.1. The molecule has 0 spiro atoms. The molecule has 8 nitrogen and oxygen atoms in total. The molecule has 3 rings (SSSR count). The maximum Gasteiger partial charge on any atom is 0.246 e. The van der Waals surface area contributed by atoms with Crippen LogP contribution >= 0.6 is 0 Å². The Morgan fingerprint density at radius 2 is 1.97 bits per heavy atom. The average molecular weight is 429 g/mol. The van der Waals surface area contributed by atoms with E-state index >= 15 is 0 Å². The van der Waals surface area contributed by atoms with Crippen LogP contribution in [0.15, 0.2) is 59.2 Å². The van der Waals surface area contributed by atoms with Gasteiger partial charge in [0.15, 0.2) is 5.76 Å². The number of hydrogen-bond acceptors (Lipinski definition) is 5. The van der Waals surface area contributed by atoms with E-state index < -0.39 is 10.0 Å². The summed E-state index contributed by atoms with van der Waals surface area (Å²) in [7, 11) is -1.67. The third kappa shape index (κ3) is 5.68. The number of rotatable bonds is 8. The molecule has 0 atom stereocenters. The van der Waals surface area contributed by atoms with Crippen molar-refractivity contribution in [2.45, 2.75) is 6.92 Å². The molecule has 0 aliphatic heterocycles. The van der Waals surface area contributed by atoms with Gasteiger partial charge in [0.2, 0.25) is 15.9 Å². The maximum atomic E-state index is 12.4. The fourth-order valence-electron chi connectivity index (χ4n) is 2.77. The number of para-hydroxylation sites is 1. The van der Waals surface area contributed by atoms with Crippen molar-refractivity contribution in [3.63, 3.8) is 0 Å². The Labute approximate surface area is 175 Å². The van der Waals surface area contributed by atoms with Gasteiger partial charge in [0.05, 0.1) is 11.9 Å².